The van der Waals surface area contributed by atoms with Crippen molar-refractivity contribution in [2.24, 2.45) is 0 Å². The van der Waals surface area contributed by atoms with Crippen LogP contribution in [0.2, 0.25) is 0 Å². The third-order valence-electron chi connectivity index (χ3n) is 5.67. The number of hydrogen-bond acceptors (Lipinski definition) is 6. The first kappa shape index (κ1) is 22.3. The van der Waals surface area contributed by atoms with Gasteiger partial charge in [-0.15, -0.1) is 0 Å². The molecule has 7 nitrogen and oxygen atoms in total. The molecule has 0 unspecified atom stereocenters. The molecule has 0 atom stereocenters. The van der Waals surface area contributed by atoms with E-state index in [0.29, 0.717) is 47.6 Å². The summed E-state index contributed by atoms with van der Waals surface area (Å²) in [7, 11) is -3.74. The van der Waals surface area contributed by atoms with Gasteiger partial charge in [-0.3, -0.25) is 9.52 Å². The fourth-order valence-electron chi connectivity index (χ4n) is 3.92. The van der Waals surface area contributed by atoms with Gasteiger partial charge in [0.1, 0.15) is 5.82 Å². The summed E-state index contributed by atoms with van der Waals surface area (Å²) in [6.45, 7) is 2.05. The summed E-state index contributed by atoms with van der Waals surface area (Å²) in [5, 5.41) is 0.238. The van der Waals surface area contributed by atoms with E-state index in [9.17, 15) is 17.6 Å². The van der Waals surface area contributed by atoms with Gasteiger partial charge in [0.15, 0.2) is 5.13 Å². The Labute approximate surface area is 200 Å². The molecule has 1 fully saturated rings. The molecule has 0 bridgehead atoms. The average molecular weight is 497 g/mol. The van der Waals surface area contributed by atoms with Crippen LogP contribution in [0.5, 0.6) is 0 Å². The van der Waals surface area contributed by atoms with Gasteiger partial charge in [0.25, 0.3) is 15.9 Å². The summed E-state index contributed by atoms with van der Waals surface area (Å²) < 4.78 is 42.4. The Balaban J connectivity index is 1.29. The minimum Gasteiger partial charge on any atom is -0.366 e. The zero-order valence-electron chi connectivity index (χ0n) is 18.0. The molecule has 1 amide bonds. The van der Waals surface area contributed by atoms with Crippen molar-refractivity contribution < 1.29 is 17.6 Å². The second-order valence-corrected chi connectivity index (χ2v) is 10.6. The number of carbonyl (C=O) groups is 1. The van der Waals surface area contributed by atoms with Crippen molar-refractivity contribution in [3.63, 3.8) is 0 Å². The van der Waals surface area contributed by atoms with Crippen molar-refractivity contribution in [2.45, 2.75) is 4.90 Å². The minimum atomic E-state index is -3.74. The molecule has 1 N–H and O–H groups in total. The lowest BCUT2D eigenvalue weighted by Crippen LogP contribution is -2.49. The monoisotopic (exact) mass is 496 g/mol. The van der Waals surface area contributed by atoms with Crippen LogP contribution in [-0.2, 0) is 10.0 Å². The lowest BCUT2D eigenvalue weighted by Gasteiger charge is -2.36. The van der Waals surface area contributed by atoms with Gasteiger partial charge in [-0.2, -0.15) is 0 Å². The number of nitrogens with one attached hydrogen (secondary N) is 1. The standard InChI is InChI=1S/C24H21FN4O3S2/c25-19-8-4-5-9-21(19)28-12-14-29(15-13-28)23(30)17-10-11-20-22(16-17)33-24(26-20)27-34(31,32)18-6-2-1-3-7-18/h1-11,16H,12-15H2,(H,26,27). The van der Waals surface area contributed by atoms with Crippen LogP contribution in [0, 0.1) is 5.82 Å². The summed E-state index contributed by atoms with van der Waals surface area (Å²) in [6.07, 6.45) is 0. The quantitative estimate of drug-likeness (QED) is 0.448. The normalized spacial score (nSPS) is 14.4. The number of aromatic nitrogens is 1. The maximum atomic E-state index is 14.1. The van der Waals surface area contributed by atoms with Crippen molar-refractivity contribution in [3.8, 4) is 0 Å². The van der Waals surface area contributed by atoms with Crippen LogP contribution in [0.1, 0.15) is 10.4 Å². The largest absolute Gasteiger partial charge is 0.366 e. The number of halogens is 1. The van der Waals surface area contributed by atoms with Crippen molar-refractivity contribution in [1.29, 1.82) is 0 Å². The Kier molecular flexibility index (Phi) is 5.93. The molecule has 0 saturated carbocycles. The number of thiazole rings is 1. The molecular weight excluding hydrogens is 475 g/mol. The molecular formula is C24H21FN4O3S2. The van der Waals surface area contributed by atoms with Crippen molar-refractivity contribution in [1.82, 2.24) is 9.88 Å². The first-order chi connectivity index (χ1) is 16.4. The number of piperazine rings is 1. The second-order valence-electron chi connectivity index (χ2n) is 7.85. The number of amides is 1. The van der Waals surface area contributed by atoms with Gasteiger partial charge in [0.2, 0.25) is 0 Å². The fourth-order valence-corrected chi connectivity index (χ4v) is 6.08. The first-order valence-electron chi connectivity index (χ1n) is 10.7. The van der Waals surface area contributed by atoms with Crippen LogP contribution in [0.25, 0.3) is 10.2 Å². The summed E-state index contributed by atoms with van der Waals surface area (Å²) in [4.78, 5) is 21.3. The Hall–Kier alpha value is -3.50. The van der Waals surface area contributed by atoms with Crippen molar-refractivity contribution >= 4 is 48.3 Å². The highest BCUT2D eigenvalue weighted by atomic mass is 32.2. The number of anilines is 2. The predicted octanol–water partition coefficient (Wildman–Crippen LogP) is 4.20. The molecule has 174 valence electrons. The molecule has 10 heteroatoms. The van der Waals surface area contributed by atoms with E-state index in [4.69, 9.17) is 0 Å². The highest BCUT2D eigenvalue weighted by molar-refractivity contribution is 7.93. The second kappa shape index (κ2) is 9.03. The molecule has 1 aliphatic rings. The van der Waals surface area contributed by atoms with Crippen molar-refractivity contribution in [3.05, 3.63) is 84.2 Å². The van der Waals surface area contributed by atoms with Crippen LogP contribution in [0.4, 0.5) is 15.2 Å². The van der Waals surface area contributed by atoms with Gasteiger partial charge in [0, 0.05) is 31.7 Å². The SMILES string of the molecule is O=C(c1ccc2nc(NS(=O)(=O)c3ccccc3)sc2c1)N1CCN(c2ccccc2F)CC1. The molecule has 0 spiro atoms. The predicted molar refractivity (Wildman–Crippen MR) is 131 cm³/mol. The van der Waals surface area contributed by atoms with E-state index in [1.54, 1.807) is 59.5 Å². The van der Waals surface area contributed by atoms with E-state index in [-0.39, 0.29) is 21.8 Å². The first-order valence-corrected chi connectivity index (χ1v) is 13.0. The Morgan fingerprint density at radius 1 is 0.941 bits per heavy atom. The molecule has 1 aliphatic heterocycles. The molecule has 1 aromatic heterocycles. The van der Waals surface area contributed by atoms with Gasteiger partial charge in [-0.25, -0.2) is 17.8 Å². The number of rotatable bonds is 5. The summed E-state index contributed by atoms with van der Waals surface area (Å²) in [5.41, 5.74) is 1.66. The highest BCUT2D eigenvalue weighted by Gasteiger charge is 2.24. The van der Waals surface area contributed by atoms with Crippen LogP contribution in [0.15, 0.2) is 77.7 Å². The lowest BCUT2D eigenvalue weighted by molar-refractivity contribution is 0.0747. The Morgan fingerprint density at radius 3 is 2.38 bits per heavy atom. The third-order valence-corrected chi connectivity index (χ3v) is 8.09. The number of sulfonamides is 1. The number of carbonyl (C=O) groups excluding carboxylic acids is 1. The smallest absolute Gasteiger partial charge is 0.263 e. The zero-order chi connectivity index (χ0) is 23.7. The molecule has 0 radical (unpaired) electrons. The summed E-state index contributed by atoms with van der Waals surface area (Å²) in [6, 6.07) is 19.9. The number of hydrogen-bond donors (Lipinski definition) is 1. The maximum Gasteiger partial charge on any atom is 0.263 e. The van der Waals surface area contributed by atoms with Crippen LogP contribution in [0.3, 0.4) is 0 Å². The van der Waals surface area contributed by atoms with E-state index in [0.717, 1.165) is 0 Å². The summed E-state index contributed by atoms with van der Waals surface area (Å²) >= 11 is 1.17. The molecule has 2 heterocycles. The molecule has 34 heavy (non-hydrogen) atoms. The van der Waals surface area contributed by atoms with E-state index < -0.39 is 10.0 Å². The fraction of sp³-hybridized carbons (Fsp3) is 0.167. The van der Waals surface area contributed by atoms with Gasteiger partial charge in [0.05, 0.1) is 20.8 Å². The average Bonchev–Trinajstić information content (AvgIpc) is 3.25. The zero-order valence-corrected chi connectivity index (χ0v) is 19.7. The number of fused-ring (bicyclic) bond motifs is 1. The maximum absolute atomic E-state index is 14.1. The number of benzene rings is 3. The number of nitrogens with zero attached hydrogens (tertiary/aromatic N) is 3. The Morgan fingerprint density at radius 2 is 1.65 bits per heavy atom. The van der Waals surface area contributed by atoms with Crippen LogP contribution >= 0.6 is 11.3 Å². The van der Waals surface area contributed by atoms with Gasteiger partial charge < -0.3 is 9.80 Å². The topological polar surface area (TPSA) is 82.6 Å². The van der Waals surface area contributed by atoms with E-state index in [1.165, 1.54) is 29.5 Å². The van der Waals surface area contributed by atoms with Crippen molar-refractivity contribution in [2.75, 3.05) is 35.8 Å². The molecule has 5 rings (SSSR count). The van der Waals surface area contributed by atoms with Gasteiger partial charge >= 0.3 is 0 Å². The number of para-hydroxylation sites is 1. The molecule has 3 aromatic carbocycles. The third kappa shape index (κ3) is 4.46. The lowest BCUT2D eigenvalue weighted by atomic mass is 10.1. The molecule has 4 aromatic rings. The highest BCUT2D eigenvalue weighted by Crippen LogP contribution is 2.29. The van der Waals surface area contributed by atoms with E-state index in [1.807, 2.05) is 4.90 Å². The minimum absolute atomic E-state index is 0.116. The summed E-state index contributed by atoms with van der Waals surface area (Å²) in [5.74, 6) is -0.383. The van der Waals surface area contributed by atoms with E-state index in [2.05, 4.69) is 9.71 Å². The van der Waals surface area contributed by atoms with E-state index >= 15 is 0 Å². The van der Waals surface area contributed by atoms with Crippen LogP contribution in [-0.4, -0.2) is 50.4 Å². The van der Waals surface area contributed by atoms with Gasteiger partial charge in [-0.05, 0) is 42.5 Å². The van der Waals surface area contributed by atoms with Gasteiger partial charge in [-0.1, -0.05) is 41.7 Å². The van der Waals surface area contributed by atoms with Crippen LogP contribution < -0.4 is 9.62 Å². The molecule has 1 saturated heterocycles. The molecule has 0 aliphatic carbocycles. The Bertz CT molecular complexity index is 1450.